The van der Waals surface area contributed by atoms with Crippen LogP contribution in [-0.2, 0) is 0 Å². The van der Waals surface area contributed by atoms with Crippen molar-refractivity contribution in [2.45, 2.75) is 13.8 Å². The van der Waals surface area contributed by atoms with Gasteiger partial charge in [-0.05, 0) is 55.3 Å². The molecule has 0 aliphatic rings. The lowest BCUT2D eigenvalue weighted by Crippen LogP contribution is -2.20. The Bertz CT molecular complexity index is 1280. The third-order valence-electron chi connectivity index (χ3n) is 4.71. The zero-order valence-electron chi connectivity index (χ0n) is 16.3. The van der Waals surface area contributed by atoms with Gasteiger partial charge >= 0.3 is 6.03 Å². The molecule has 0 unspecified atom stereocenters. The number of aryl methyl sites for hydroxylation is 2. The average Bonchev–Trinajstić information content (AvgIpc) is 2.72. The number of hydrogen-bond donors (Lipinski definition) is 2. The fourth-order valence-corrected chi connectivity index (χ4v) is 3.37. The lowest BCUT2D eigenvalue weighted by Gasteiger charge is -2.15. The van der Waals surface area contributed by atoms with Gasteiger partial charge in [-0.2, -0.15) is 0 Å². The molecule has 0 bridgehead atoms. The van der Waals surface area contributed by atoms with Gasteiger partial charge in [0.15, 0.2) is 0 Å². The minimum atomic E-state index is -0.551. The van der Waals surface area contributed by atoms with Crippen molar-refractivity contribution >= 4 is 40.0 Å². The molecule has 0 atom stereocenters. The Labute approximate surface area is 177 Å². The zero-order valence-corrected chi connectivity index (χ0v) is 17.1. The van der Waals surface area contributed by atoms with Crippen molar-refractivity contribution in [3.05, 3.63) is 82.9 Å². The lowest BCUT2D eigenvalue weighted by atomic mass is 9.98. The van der Waals surface area contributed by atoms with Crippen LogP contribution < -0.4 is 10.6 Å². The molecule has 2 aromatic heterocycles. The number of anilines is 2. The van der Waals surface area contributed by atoms with Crippen LogP contribution in [0.3, 0.4) is 0 Å². The third kappa shape index (κ3) is 4.09. The molecule has 2 aromatic carbocycles. The van der Waals surface area contributed by atoms with Crippen LogP contribution in [0.1, 0.15) is 11.1 Å². The van der Waals surface area contributed by atoms with E-state index in [1.54, 1.807) is 18.5 Å². The third-order valence-corrected chi connectivity index (χ3v) is 5.00. The van der Waals surface area contributed by atoms with E-state index in [4.69, 9.17) is 11.6 Å². The van der Waals surface area contributed by atoms with Crippen molar-refractivity contribution in [3.63, 3.8) is 0 Å². The Hall–Kier alpha value is -3.51. The van der Waals surface area contributed by atoms with Crippen LogP contribution >= 0.6 is 11.6 Å². The number of pyridine rings is 2. The predicted octanol–water partition coefficient (Wildman–Crippen LogP) is 6.35. The van der Waals surface area contributed by atoms with Crippen molar-refractivity contribution in [1.82, 2.24) is 9.97 Å². The van der Waals surface area contributed by atoms with Crippen molar-refractivity contribution in [2.75, 3.05) is 10.6 Å². The van der Waals surface area contributed by atoms with E-state index in [1.807, 2.05) is 32.0 Å². The Morgan fingerprint density at radius 3 is 2.63 bits per heavy atom. The van der Waals surface area contributed by atoms with Gasteiger partial charge in [-0.3, -0.25) is 10.3 Å². The highest BCUT2D eigenvalue weighted by atomic mass is 35.5. The number of carbonyl (C=O) groups excluding carboxylic acids is 1. The molecular formula is C23H18ClFN4O. The first-order valence-corrected chi connectivity index (χ1v) is 9.64. The number of rotatable bonds is 3. The van der Waals surface area contributed by atoms with E-state index in [9.17, 15) is 9.18 Å². The van der Waals surface area contributed by atoms with E-state index in [2.05, 4.69) is 26.7 Å². The molecular weight excluding hydrogens is 403 g/mol. The van der Waals surface area contributed by atoms with Gasteiger partial charge in [-0.25, -0.2) is 14.2 Å². The van der Waals surface area contributed by atoms with E-state index in [0.29, 0.717) is 17.0 Å². The number of halogens is 2. The number of amides is 2. The molecule has 30 heavy (non-hydrogen) atoms. The number of fused-ring (bicyclic) bond motifs is 1. The maximum absolute atomic E-state index is 13.4. The molecule has 150 valence electrons. The van der Waals surface area contributed by atoms with Gasteiger partial charge in [0.2, 0.25) is 0 Å². The summed E-state index contributed by atoms with van der Waals surface area (Å²) in [6.45, 7) is 4.02. The van der Waals surface area contributed by atoms with Gasteiger partial charge in [0, 0.05) is 29.0 Å². The summed E-state index contributed by atoms with van der Waals surface area (Å²) >= 11 is 5.80. The zero-order chi connectivity index (χ0) is 21.3. The highest BCUT2D eigenvalue weighted by Gasteiger charge is 2.15. The van der Waals surface area contributed by atoms with E-state index in [1.165, 1.54) is 18.2 Å². The van der Waals surface area contributed by atoms with Gasteiger partial charge in [0.05, 0.1) is 10.5 Å². The number of aromatic nitrogens is 2. The first-order chi connectivity index (χ1) is 14.4. The van der Waals surface area contributed by atoms with Gasteiger partial charge < -0.3 is 5.32 Å². The van der Waals surface area contributed by atoms with Crippen molar-refractivity contribution < 1.29 is 9.18 Å². The van der Waals surface area contributed by atoms with Crippen molar-refractivity contribution in [1.29, 1.82) is 0 Å². The number of benzene rings is 2. The number of nitrogens with zero attached hydrogens (tertiary/aromatic N) is 2. The molecule has 0 fully saturated rings. The SMILES string of the molecule is Cc1ccc(C)c(-c2cc3cnccc3nc2NC(=O)Nc2ccc(F)c(Cl)c2)c1. The number of carbonyl (C=O) groups is 1. The number of urea groups is 1. The molecule has 0 saturated carbocycles. The second-order valence-electron chi connectivity index (χ2n) is 6.98. The first kappa shape index (κ1) is 19.8. The molecule has 0 saturated heterocycles. The van der Waals surface area contributed by atoms with Crippen LogP contribution in [0.4, 0.5) is 20.7 Å². The standard InChI is InChI=1S/C23H18ClFN4O/c1-13-3-4-14(2)17(9-13)18-10-15-12-26-8-7-21(15)28-22(18)29-23(30)27-16-5-6-20(25)19(24)11-16/h3-12H,1-2H3,(H2,27,28,29,30). The molecule has 0 aliphatic heterocycles. The van der Waals surface area contributed by atoms with Crippen LogP contribution in [0.5, 0.6) is 0 Å². The molecule has 5 nitrogen and oxygen atoms in total. The molecule has 0 spiro atoms. The molecule has 4 aromatic rings. The molecule has 4 rings (SSSR count). The minimum Gasteiger partial charge on any atom is -0.308 e. The monoisotopic (exact) mass is 420 g/mol. The molecule has 2 N–H and O–H groups in total. The normalized spacial score (nSPS) is 10.8. The lowest BCUT2D eigenvalue weighted by molar-refractivity contribution is 0.262. The van der Waals surface area contributed by atoms with E-state index in [0.717, 1.165) is 27.6 Å². The molecule has 0 aliphatic carbocycles. The van der Waals surface area contributed by atoms with Crippen LogP contribution in [0.25, 0.3) is 22.0 Å². The summed E-state index contributed by atoms with van der Waals surface area (Å²) in [6, 6.07) is 13.3. The van der Waals surface area contributed by atoms with Crippen LogP contribution in [0.2, 0.25) is 5.02 Å². The van der Waals surface area contributed by atoms with Crippen LogP contribution in [0.15, 0.2) is 60.9 Å². The van der Waals surface area contributed by atoms with Crippen LogP contribution in [0, 0.1) is 19.7 Å². The average molecular weight is 421 g/mol. The topological polar surface area (TPSA) is 66.9 Å². The number of hydrogen-bond acceptors (Lipinski definition) is 3. The summed E-state index contributed by atoms with van der Waals surface area (Å²) in [4.78, 5) is 21.4. The highest BCUT2D eigenvalue weighted by Crippen LogP contribution is 2.33. The maximum Gasteiger partial charge on any atom is 0.324 e. The Morgan fingerprint density at radius 1 is 1.00 bits per heavy atom. The Kier molecular flexibility index (Phi) is 5.33. The molecule has 2 heterocycles. The first-order valence-electron chi connectivity index (χ1n) is 9.26. The Morgan fingerprint density at radius 2 is 1.83 bits per heavy atom. The second kappa shape index (κ2) is 8.08. The van der Waals surface area contributed by atoms with E-state index in [-0.39, 0.29) is 5.02 Å². The number of nitrogens with one attached hydrogen (secondary N) is 2. The predicted molar refractivity (Wildman–Crippen MR) is 118 cm³/mol. The fourth-order valence-electron chi connectivity index (χ4n) is 3.19. The minimum absolute atomic E-state index is 0.0693. The fraction of sp³-hybridized carbons (Fsp3) is 0.0870. The van der Waals surface area contributed by atoms with E-state index < -0.39 is 11.8 Å². The summed E-state index contributed by atoms with van der Waals surface area (Å²) in [5.74, 6) is -0.141. The van der Waals surface area contributed by atoms with Gasteiger partial charge in [0.25, 0.3) is 0 Å². The largest absolute Gasteiger partial charge is 0.324 e. The second-order valence-corrected chi connectivity index (χ2v) is 7.39. The quantitative estimate of drug-likeness (QED) is 0.405. The van der Waals surface area contributed by atoms with Gasteiger partial charge in [0.1, 0.15) is 11.6 Å². The smallest absolute Gasteiger partial charge is 0.308 e. The summed E-state index contributed by atoms with van der Waals surface area (Å²) < 4.78 is 13.4. The van der Waals surface area contributed by atoms with E-state index >= 15 is 0 Å². The van der Waals surface area contributed by atoms with Crippen molar-refractivity contribution in [2.24, 2.45) is 0 Å². The maximum atomic E-state index is 13.4. The van der Waals surface area contributed by atoms with Gasteiger partial charge in [-0.1, -0.05) is 35.4 Å². The summed E-state index contributed by atoms with van der Waals surface area (Å²) in [5.41, 5.74) is 4.98. The summed E-state index contributed by atoms with van der Waals surface area (Å²) in [6.07, 6.45) is 3.39. The van der Waals surface area contributed by atoms with Crippen molar-refractivity contribution in [3.8, 4) is 11.1 Å². The van der Waals surface area contributed by atoms with Gasteiger partial charge in [-0.15, -0.1) is 0 Å². The molecule has 0 radical (unpaired) electrons. The summed E-state index contributed by atoms with van der Waals surface area (Å²) in [5, 5.41) is 6.27. The summed E-state index contributed by atoms with van der Waals surface area (Å²) in [7, 11) is 0. The highest BCUT2D eigenvalue weighted by molar-refractivity contribution is 6.31. The Balaban J connectivity index is 1.74. The molecule has 7 heteroatoms. The van der Waals surface area contributed by atoms with Crippen LogP contribution in [-0.4, -0.2) is 16.0 Å². The molecule has 2 amide bonds.